The minimum absolute atomic E-state index is 0.0618. The second-order valence-corrected chi connectivity index (χ2v) is 8.07. The number of amides is 1. The maximum Gasteiger partial charge on any atom is 0.338 e. The van der Waals surface area contributed by atoms with E-state index >= 15 is 0 Å². The van der Waals surface area contributed by atoms with Crippen molar-refractivity contribution in [3.8, 4) is 0 Å². The average Bonchev–Trinajstić information content (AvgIpc) is 2.67. The molecule has 0 saturated carbocycles. The van der Waals surface area contributed by atoms with Gasteiger partial charge in [-0.1, -0.05) is 26.7 Å². The molecule has 0 fully saturated rings. The molecule has 0 spiro atoms. The summed E-state index contributed by atoms with van der Waals surface area (Å²) in [7, 11) is 0. The van der Waals surface area contributed by atoms with Gasteiger partial charge in [-0.2, -0.15) is 0 Å². The number of rotatable bonds is 5. The van der Waals surface area contributed by atoms with Crippen LogP contribution in [0.2, 0.25) is 0 Å². The van der Waals surface area contributed by atoms with Gasteiger partial charge in [-0.05, 0) is 43.9 Å². The van der Waals surface area contributed by atoms with Crippen molar-refractivity contribution in [3.63, 3.8) is 0 Å². The van der Waals surface area contributed by atoms with Gasteiger partial charge in [0.1, 0.15) is 5.82 Å². The van der Waals surface area contributed by atoms with Crippen molar-refractivity contribution in [2.75, 3.05) is 6.54 Å². The number of hydrogen-bond donors (Lipinski definition) is 1. The monoisotopic (exact) mass is 399 g/mol. The highest BCUT2D eigenvalue weighted by molar-refractivity contribution is 5.95. The highest BCUT2D eigenvalue weighted by Crippen LogP contribution is 2.17. The summed E-state index contributed by atoms with van der Waals surface area (Å²) in [6, 6.07) is 4.76. The number of esters is 1. The van der Waals surface area contributed by atoms with Gasteiger partial charge < -0.3 is 10.1 Å². The molecule has 0 bridgehead atoms. The number of carbonyl (C=O) groups is 2. The molecule has 0 aliphatic carbocycles. The number of benzene rings is 1. The Morgan fingerprint density at radius 2 is 1.93 bits per heavy atom. The molecule has 2 aromatic rings. The predicted octanol–water partition coefficient (Wildman–Crippen LogP) is 2.83. The zero-order chi connectivity index (χ0) is 21.0. The quantitative estimate of drug-likeness (QED) is 0.781. The van der Waals surface area contributed by atoms with Crippen LogP contribution in [-0.4, -0.2) is 34.1 Å². The first kappa shape index (κ1) is 21.0. The molecule has 1 aromatic heterocycles. The second-order valence-electron chi connectivity index (χ2n) is 8.07. The van der Waals surface area contributed by atoms with Crippen LogP contribution < -0.4 is 10.9 Å². The molecule has 1 aliphatic heterocycles. The Bertz CT molecular complexity index is 964. The summed E-state index contributed by atoms with van der Waals surface area (Å²) in [6.07, 6.45) is 4.09. The first-order chi connectivity index (χ1) is 13.9. The van der Waals surface area contributed by atoms with Crippen LogP contribution in [0.4, 0.5) is 0 Å². The van der Waals surface area contributed by atoms with Crippen molar-refractivity contribution in [2.45, 2.75) is 65.5 Å². The lowest BCUT2D eigenvalue weighted by molar-refractivity contribution is -0.129. The van der Waals surface area contributed by atoms with E-state index in [1.807, 2.05) is 13.8 Å². The van der Waals surface area contributed by atoms with Gasteiger partial charge in [-0.25, -0.2) is 9.78 Å². The average molecular weight is 399 g/mol. The number of carbonyl (C=O) groups excluding carboxylic acids is 2. The number of nitrogens with one attached hydrogen (secondary N) is 1. The van der Waals surface area contributed by atoms with E-state index in [1.54, 1.807) is 29.7 Å². The number of aryl methyl sites for hydroxylation is 1. The fraction of sp³-hybridized carbons (Fsp3) is 0.545. The van der Waals surface area contributed by atoms with E-state index in [1.165, 1.54) is 0 Å². The van der Waals surface area contributed by atoms with Crippen LogP contribution in [0.1, 0.15) is 62.6 Å². The second kappa shape index (κ2) is 9.20. The summed E-state index contributed by atoms with van der Waals surface area (Å²) < 4.78 is 7.06. The molecule has 1 atom stereocenters. The van der Waals surface area contributed by atoms with Crippen LogP contribution in [-0.2, 0) is 22.5 Å². The molecule has 29 heavy (non-hydrogen) atoms. The molecule has 1 unspecified atom stereocenters. The molecule has 1 aromatic carbocycles. The van der Waals surface area contributed by atoms with E-state index in [-0.39, 0.29) is 17.0 Å². The Kier molecular flexibility index (Phi) is 6.67. The Morgan fingerprint density at radius 1 is 1.17 bits per heavy atom. The van der Waals surface area contributed by atoms with Gasteiger partial charge in [0.15, 0.2) is 6.10 Å². The van der Waals surface area contributed by atoms with Gasteiger partial charge in [0.05, 0.1) is 16.5 Å². The third-order valence-corrected chi connectivity index (χ3v) is 5.14. The first-order valence-electron chi connectivity index (χ1n) is 10.4. The summed E-state index contributed by atoms with van der Waals surface area (Å²) in [4.78, 5) is 42.1. The Hall–Kier alpha value is -2.70. The molecule has 0 radical (unpaired) electrons. The van der Waals surface area contributed by atoms with Crippen LogP contribution in [0.3, 0.4) is 0 Å². The van der Waals surface area contributed by atoms with Crippen molar-refractivity contribution in [1.82, 2.24) is 14.9 Å². The van der Waals surface area contributed by atoms with Crippen LogP contribution in [0.5, 0.6) is 0 Å². The number of aromatic nitrogens is 2. The van der Waals surface area contributed by atoms with Gasteiger partial charge in [-0.15, -0.1) is 0 Å². The number of hydrogen-bond acceptors (Lipinski definition) is 5. The van der Waals surface area contributed by atoms with Crippen molar-refractivity contribution in [3.05, 3.63) is 39.9 Å². The number of fused-ring (bicyclic) bond motifs is 2. The first-order valence-corrected chi connectivity index (χ1v) is 10.4. The smallest absolute Gasteiger partial charge is 0.338 e. The van der Waals surface area contributed by atoms with Crippen molar-refractivity contribution >= 4 is 22.8 Å². The van der Waals surface area contributed by atoms with Crippen LogP contribution in [0, 0.1) is 5.92 Å². The van der Waals surface area contributed by atoms with Crippen molar-refractivity contribution in [1.29, 1.82) is 0 Å². The van der Waals surface area contributed by atoms with Crippen molar-refractivity contribution in [2.24, 2.45) is 5.92 Å². The molecule has 1 aliphatic rings. The molecule has 0 saturated heterocycles. The standard InChI is InChI=1S/C22H29N3O4/c1-14(2)13-23-20(26)15(3)29-22(28)16-9-10-17-18(12-16)24-19-8-6-4-5-7-11-25(19)21(17)27/h9-10,12,14-15H,4-8,11,13H2,1-3H3,(H,23,26). The SMILES string of the molecule is CC(C)CNC(=O)C(C)OC(=O)c1ccc2c(=O)n3c(nc2c1)CCCCCC3. The summed E-state index contributed by atoms with van der Waals surface area (Å²) >= 11 is 0. The van der Waals surface area contributed by atoms with Gasteiger partial charge in [0.2, 0.25) is 0 Å². The predicted molar refractivity (Wildman–Crippen MR) is 111 cm³/mol. The zero-order valence-corrected chi connectivity index (χ0v) is 17.4. The summed E-state index contributed by atoms with van der Waals surface area (Å²) in [6.45, 7) is 6.73. The minimum Gasteiger partial charge on any atom is -0.449 e. The fourth-order valence-electron chi connectivity index (χ4n) is 3.45. The molecule has 7 heteroatoms. The Balaban J connectivity index is 1.81. The fourth-order valence-corrected chi connectivity index (χ4v) is 3.45. The molecular weight excluding hydrogens is 370 g/mol. The Morgan fingerprint density at radius 3 is 2.69 bits per heavy atom. The van der Waals surface area contributed by atoms with E-state index in [4.69, 9.17) is 4.74 Å². The lowest BCUT2D eigenvalue weighted by Crippen LogP contribution is -2.37. The maximum atomic E-state index is 12.9. The lowest BCUT2D eigenvalue weighted by Gasteiger charge is -2.17. The minimum atomic E-state index is -0.897. The molecule has 1 N–H and O–H groups in total. The number of nitrogens with zero attached hydrogens (tertiary/aromatic N) is 2. The summed E-state index contributed by atoms with van der Waals surface area (Å²) in [5.74, 6) is 0.152. The molecule has 3 rings (SSSR count). The van der Waals surface area contributed by atoms with Crippen molar-refractivity contribution < 1.29 is 14.3 Å². The summed E-state index contributed by atoms with van der Waals surface area (Å²) in [5, 5.41) is 3.24. The normalized spacial score (nSPS) is 15.3. The molecule has 1 amide bonds. The lowest BCUT2D eigenvalue weighted by atomic mass is 10.1. The maximum absolute atomic E-state index is 12.9. The van der Waals surface area contributed by atoms with Gasteiger partial charge in [0, 0.05) is 19.5 Å². The van der Waals surface area contributed by atoms with Gasteiger partial charge >= 0.3 is 5.97 Å². The van der Waals surface area contributed by atoms with Crippen LogP contribution >= 0.6 is 0 Å². The van der Waals surface area contributed by atoms with Gasteiger partial charge in [-0.3, -0.25) is 14.2 Å². The van der Waals surface area contributed by atoms with Crippen LogP contribution in [0.25, 0.3) is 10.9 Å². The van der Waals surface area contributed by atoms with E-state index in [9.17, 15) is 14.4 Å². The molecule has 156 valence electrons. The largest absolute Gasteiger partial charge is 0.449 e. The highest BCUT2D eigenvalue weighted by Gasteiger charge is 2.20. The van der Waals surface area contributed by atoms with E-state index in [0.717, 1.165) is 37.9 Å². The number of ether oxygens (including phenoxy) is 1. The third-order valence-electron chi connectivity index (χ3n) is 5.14. The van der Waals surface area contributed by atoms with E-state index in [2.05, 4.69) is 10.3 Å². The topological polar surface area (TPSA) is 90.3 Å². The third kappa shape index (κ3) is 5.02. The Labute approximate surface area is 170 Å². The van der Waals surface area contributed by atoms with E-state index < -0.39 is 12.1 Å². The zero-order valence-electron chi connectivity index (χ0n) is 17.4. The highest BCUT2D eigenvalue weighted by atomic mass is 16.5. The summed E-state index contributed by atoms with van der Waals surface area (Å²) in [5.41, 5.74) is 0.713. The molecule has 2 heterocycles. The van der Waals surface area contributed by atoms with Gasteiger partial charge in [0.25, 0.3) is 11.5 Å². The molecular formula is C22H29N3O4. The van der Waals surface area contributed by atoms with Crippen LogP contribution in [0.15, 0.2) is 23.0 Å². The molecule has 7 nitrogen and oxygen atoms in total. The van der Waals surface area contributed by atoms with E-state index in [0.29, 0.717) is 29.9 Å².